The van der Waals surface area contributed by atoms with Gasteiger partial charge in [0.25, 0.3) is 0 Å². The summed E-state index contributed by atoms with van der Waals surface area (Å²) >= 11 is 0. The zero-order chi connectivity index (χ0) is 16.3. The van der Waals surface area contributed by atoms with Gasteiger partial charge < -0.3 is 14.4 Å². The third kappa shape index (κ3) is 1.91. The minimum atomic E-state index is -1.12. The van der Waals surface area contributed by atoms with E-state index in [1.165, 1.54) is 6.07 Å². The lowest BCUT2D eigenvalue weighted by Crippen LogP contribution is -2.47. The van der Waals surface area contributed by atoms with Crippen LogP contribution in [0.1, 0.15) is 18.1 Å². The summed E-state index contributed by atoms with van der Waals surface area (Å²) in [5.41, 5.74) is 1.53. The summed E-state index contributed by atoms with van der Waals surface area (Å²) in [6.45, 7) is 1.29. The molecule has 4 heterocycles. The van der Waals surface area contributed by atoms with Crippen LogP contribution >= 0.6 is 0 Å². The number of aryl methyl sites for hydroxylation is 2. The molecule has 122 valence electrons. The van der Waals surface area contributed by atoms with Crippen molar-refractivity contribution in [3.63, 3.8) is 0 Å². The van der Waals surface area contributed by atoms with Crippen LogP contribution in [0.5, 0.6) is 0 Å². The molecule has 1 N–H and O–H groups in total. The molecule has 0 bridgehead atoms. The molecule has 2 aliphatic heterocycles. The van der Waals surface area contributed by atoms with Crippen LogP contribution < -0.4 is 0 Å². The zero-order valence-electron chi connectivity index (χ0n) is 12.9. The number of hydrogen-bond donors (Lipinski definition) is 1. The standard InChI is InChI=1S/C17H15FN4O2/c18-12-5-13-14(22-3-1-2-15(22)21-13)4-11(12)10-6-19-16(20-7-10)17(23)8-24-9-17/h4-7,23H,1-3,8-9H2. The van der Waals surface area contributed by atoms with Gasteiger partial charge in [-0.05, 0) is 12.5 Å². The molecule has 1 fully saturated rings. The molecule has 0 amide bonds. The molecule has 0 unspecified atom stereocenters. The van der Waals surface area contributed by atoms with Gasteiger partial charge in [-0.2, -0.15) is 0 Å². The number of aromatic nitrogens is 4. The number of benzene rings is 1. The van der Waals surface area contributed by atoms with E-state index in [4.69, 9.17) is 4.74 Å². The summed E-state index contributed by atoms with van der Waals surface area (Å²) in [5.74, 6) is 0.978. The predicted molar refractivity (Wildman–Crippen MR) is 83.8 cm³/mol. The van der Waals surface area contributed by atoms with Crippen LogP contribution in [-0.4, -0.2) is 37.8 Å². The SMILES string of the molecule is OC1(c2ncc(-c3cc4c(cc3F)nc3n4CCC3)cn2)COC1. The third-order valence-corrected chi connectivity index (χ3v) is 4.76. The Morgan fingerprint density at radius 2 is 2.00 bits per heavy atom. The highest BCUT2D eigenvalue weighted by Crippen LogP contribution is 2.31. The summed E-state index contributed by atoms with van der Waals surface area (Å²) in [4.78, 5) is 12.9. The van der Waals surface area contributed by atoms with Crippen molar-refractivity contribution in [2.75, 3.05) is 13.2 Å². The number of hydrogen-bond acceptors (Lipinski definition) is 5. The second kappa shape index (κ2) is 4.81. The fourth-order valence-electron chi connectivity index (χ4n) is 3.38. The first-order valence-corrected chi connectivity index (χ1v) is 7.96. The maximum Gasteiger partial charge on any atom is 0.170 e. The summed E-state index contributed by atoms with van der Waals surface area (Å²) in [6, 6.07) is 3.28. The van der Waals surface area contributed by atoms with Crippen molar-refractivity contribution in [2.24, 2.45) is 0 Å². The molecule has 1 aromatic carbocycles. The lowest BCUT2D eigenvalue weighted by atomic mass is 10.0. The van der Waals surface area contributed by atoms with Crippen LogP contribution in [0.3, 0.4) is 0 Å². The molecule has 0 spiro atoms. The van der Waals surface area contributed by atoms with Gasteiger partial charge in [0.1, 0.15) is 11.6 Å². The van der Waals surface area contributed by atoms with Crippen LogP contribution in [0.15, 0.2) is 24.5 Å². The van der Waals surface area contributed by atoms with E-state index in [9.17, 15) is 9.50 Å². The lowest BCUT2D eigenvalue weighted by Gasteiger charge is -2.34. The van der Waals surface area contributed by atoms with Gasteiger partial charge in [0.05, 0.1) is 24.2 Å². The number of imidazole rings is 1. The lowest BCUT2D eigenvalue weighted by molar-refractivity contribution is -0.189. The number of fused-ring (bicyclic) bond motifs is 3. The van der Waals surface area contributed by atoms with Gasteiger partial charge in [0.2, 0.25) is 0 Å². The van der Waals surface area contributed by atoms with Crippen molar-refractivity contribution in [2.45, 2.75) is 25.0 Å². The molecule has 3 aromatic rings. The summed E-state index contributed by atoms with van der Waals surface area (Å²) < 4.78 is 21.7. The topological polar surface area (TPSA) is 73.1 Å². The Kier molecular flexibility index (Phi) is 2.81. The van der Waals surface area contributed by atoms with Gasteiger partial charge in [0, 0.05) is 42.6 Å². The molecule has 0 atom stereocenters. The highest BCUT2D eigenvalue weighted by molar-refractivity contribution is 5.83. The van der Waals surface area contributed by atoms with Crippen LogP contribution in [0.4, 0.5) is 4.39 Å². The van der Waals surface area contributed by atoms with Gasteiger partial charge in [-0.15, -0.1) is 0 Å². The Balaban J connectivity index is 1.59. The van der Waals surface area contributed by atoms with Gasteiger partial charge in [-0.25, -0.2) is 19.3 Å². The highest BCUT2D eigenvalue weighted by Gasteiger charge is 2.40. The minimum Gasteiger partial charge on any atom is -0.377 e. The first kappa shape index (κ1) is 14.0. The monoisotopic (exact) mass is 326 g/mol. The molecule has 24 heavy (non-hydrogen) atoms. The normalized spacial score (nSPS) is 18.6. The summed E-state index contributed by atoms with van der Waals surface area (Å²) in [7, 11) is 0. The van der Waals surface area contributed by atoms with E-state index in [1.807, 2.05) is 6.07 Å². The van der Waals surface area contributed by atoms with Crippen molar-refractivity contribution in [1.29, 1.82) is 0 Å². The quantitative estimate of drug-likeness (QED) is 0.777. The average Bonchev–Trinajstić information content (AvgIpc) is 3.13. The van der Waals surface area contributed by atoms with Crippen LogP contribution in [0.2, 0.25) is 0 Å². The van der Waals surface area contributed by atoms with Crippen molar-refractivity contribution < 1.29 is 14.2 Å². The summed E-state index contributed by atoms with van der Waals surface area (Å²) in [5, 5.41) is 10.2. The molecule has 2 aliphatic rings. The summed E-state index contributed by atoms with van der Waals surface area (Å²) in [6.07, 6.45) is 5.10. The molecular formula is C17H15FN4O2. The van der Waals surface area contributed by atoms with Crippen LogP contribution in [-0.2, 0) is 23.3 Å². The minimum absolute atomic E-state index is 0.189. The van der Waals surface area contributed by atoms with E-state index in [0.29, 0.717) is 22.5 Å². The average molecular weight is 326 g/mol. The highest BCUT2D eigenvalue weighted by atomic mass is 19.1. The van der Waals surface area contributed by atoms with Crippen molar-refractivity contribution in [1.82, 2.24) is 19.5 Å². The van der Waals surface area contributed by atoms with E-state index < -0.39 is 5.60 Å². The Labute approximate surface area is 136 Å². The zero-order valence-corrected chi connectivity index (χ0v) is 12.9. The number of aliphatic hydroxyl groups is 1. The molecule has 0 saturated carbocycles. The Bertz CT molecular complexity index is 947. The van der Waals surface area contributed by atoms with Gasteiger partial charge in [-0.3, -0.25) is 0 Å². The molecular weight excluding hydrogens is 311 g/mol. The third-order valence-electron chi connectivity index (χ3n) is 4.76. The van der Waals surface area contributed by atoms with E-state index in [1.54, 1.807) is 12.4 Å². The second-order valence-corrected chi connectivity index (χ2v) is 6.42. The fourth-order valence-corrected chi connectivity index (χ4v) is 3.38. The molecule has 6 nitrogen and oxygen atoms in total. The fraction of sp³-hybridized carbons (Fsp3) is 0.353. The first-order chi connectivity index (χ1) is 11.6. The van der Waals surface area contributed by atoms with Gasteiger partial charge in [0.15, 0.2) is 11.4 Å². The largest absolute Gasteiger partial charge is 0.377 e. The number of ether oxygens (including phenoxy) is 1. The smallest absolute Gasteiger partial charge is 0.170 e. The Morgan fingerprint density at radius 3 is 2.71 bits per heavy atom. The van der Waals surface area contributed by atoms with E-state index in [2.05, 4.69) is 19.5 Å². The Morgan fingerprint density at radius 1 is 1.21 bits per heavy atom. The maximum atomic E-state index is 14.5. The number of halogens is 1. The van der Waals surface area contributed by atoms with Crippen molar-refractivity contribution in [3.8, 4) is 11.1 Å². The predicted octanol–water partition coefficient (Wildman–Crippen LogP) is 1.80. The molecule has 0 radical (unpaired) electrons. The molecule has 7 heteroatoms. The van der Waals surface area contributed by atoms with Crippen molar-refractivity contribution in [3.05, 3.63) is 42.0 Å². The van der Waals surface area contributed by atoms with E-state index >= 15 is 0 Å². The van der Waals surface area contributed by atoms with Gasteiger partial charge in [-0.1, -0.05) is 0 Å². The second-order valence-electron chi connectivity index (χ2n) is 6.42. The first-order valence-electron chi connectivity index (χ1n) is 7.96. The van der Waals surface area contributed by atoms with Crippen molar-refractivity contribution >= 4 is 11.0 Å². The van der Waals surface area contributed by atoms with Crippen LogP contribution in [0, 0.1) is 5.82 Å². The molecule has 1 saturated heterocycles. The number of rotatable bonds is 2. The number of nitrogens with zero attached hydrogens (tertiary/aromatic N) is 4. The molecule has 5 rings (SSSR count). The van der Waals surface area contributed by atoms with Crippen LogP contribution in [0.25, 0.3) is 22.2 Å². The Hall–Kier alpha value is -2.38. The molecule has 0 aliphatic carbocycles. The van der Waals surface area contributed by atoms with E-state index in [-0.39, 0.29) is 19.0 Å². The van der Waals surface area contributed by atoms with Gasteiger partial charge >= 0.3 is 0 Å². The molecule has 2 aromatic heterocycles. The maximum absolute atomic E-state index is 14.5. The van der Waals surface area contributed by atoms with E-state index in [0.717, 1.165) is 30.7 Å².